The first-order valence-corrected chi connectivity index (χ1v) is 12.9. The van der Waals surface area contributed by atoms with Crippen molar-refractivity contribution in [2.45, 2.75) is 0 Å². The third-order valence-corrected chi connectivity index (χ3v) is 6.59. The van der Waals surface area contributed by atoms with Gasteiger partial charge in [0, 0.05) is 12.4 Å². The van der Waals surface area contributed by atoms with Crippen LogP contribution in [-0.2, 0) is 10.0 Å². The van der Waals surface area contributed by atoms with Crippen molar-refractivity contribution in [1.29, 1.82) is 0 Å². The van der Waals surface area contributed by atoms with Gasteiger partial charge in [0.25, 0.3) is 15.9 Å². The zero-order valence-corrected chi connectivity index (χ0v) is 21.4. The summed E-state index contributed by atoms with van der Waals surface area (Å²) in [6.07, 6.45) is 4.45. The van der Waals surface area contributed by atoms with E-state index in [1.165, 1.54) is 32.7 Å². The van der Waals surface area contributed by atoms with Crippen LogP contribution in [0.2, 0.25) is 0 Å². The summed E-state index contributed by atoms with van der Waals surface area (Å²) in [5, 5.41) is 10.9. The van der Waals surface area contributed by atoms with Gasteiger partial charge < -0.3 is 19.3 Å². The van der Waals surface area contributed by atoms with Crippen molar-refractivity contribution in [3.05, 3.63) is 84.0 Å². The first kappa shape index (κ1) is 26.5. The van der Waals surface area contributed by atoms with Crippen LogP contribution in [0.15, 0.2) is 78.5 Å². The highest BCUT2D eigenvalue weighted by atomic mass is 32.2. The molecule has 4 aromatic rings. The van der Waals surface area contributed by atoms with Gasteiger partial charge in [0.1, 0.15) is 0 Å². The monoisotopic (exact) mass is 535 g/mol. The van der Waals surface area contributed by atoms with E-state index in [2.05, 4.69) is 19.9 Å². The van der Waals surface area contributed by atoms with E-state index < -0.39 is 16.6 Å². The number of methoxy groups -OCH3 is 2. The average Bonchev–Trinajstić information content (AvgIpc) is 2.96. The van der Waals surface area contributed by atoms with E-state index in [1.807, 2.05) is 6.07 Å². The Labute approximate surface area is 220 Å². The molecule has 0 spiro atoms. The number of para-hydroxylation sites is 2. The fourth-order valence-corrected chi connectivity index (χ4v) is 4.57. The Bertz CT molecular complexity index is 1500. The van der Waals surface area contributed by atoms with Gasteiger partial charge in [-0.1, -0.05) is 42.5 Å². The standard InChI is InChI=1S/C26H25N5O6S/c1-35-20-11-6-7-12-21(20)37-22-25(29-24(30-26(22)36-2)23-27-14-8-15-28-23)31(16-17-32)38(33,34)18-13-19-9-4-3-5-10-19/h3-15,18,32H,16-17H2,1-2H3/b18-13+. The molecule has 196 valence electrons. The van der Waals surface area contributed by atoms with Gasteiger partial charge in [-0.15, -0.1) is 0 Å². The van der Waals surface area contributed by atoms with E-state index in [4.69, 9.17) is 14.2 Å². The molecular weight excluding hydrogens is 510 g/mol. The first-order chi connectivity index (χ1) is 18.5. The summed E-state index contributed by atoms with van der Waals surface area (Å²) in [7, 11) is -1.36. The number of hydrogen-bond acceptors (Lipinski definition) is 10. The zero-order valence-electron chi connectivity index (χ0n) is 20.6. The average molecular weight is 536 g/mol. The van der Waals surface area contributed by atoms with Crippen molar-refractivity contribution in [2.75, 3.05) is 31.7 Å². The van der Waals surface area contributed by atoms with Crippen LogP contribution < -0.4 is 18.5 Å². The third kappa shape index (κ3) is 6.05. The fourth-order valence-electron chi connectivity index (χ4n) is 3.39. The number of ether oxygens (including phenoxy) is 3. The Kier molecular flexibility index (Phi) is 8.46. The second-order valence-electron chi connectivity index (χ2n) is 7.59. The molecule has 11 nitrogen and oxygen atoms in total. The highest BCUT2D eigenvalue weighted by Crippen LogP contribution is 2.42. The van der Waals surface area contributed by atoms with Gasteiger partial charge in [0.05, 0.1) is 32.8 Å². The minimum absolute atomic E-state index is 0.00462. The Morgan fingerprint density at radius 2 is 1.55 bits per heavy atom. The molecule has 2 aromatic heterocycles. The fraction of sp³-hybridized carbons (Fsp3) is 0.154. The van der Waals surface area contributed by atoms with Crippen molar-refractivity contribution in [1.82, 2.24) is 19.9 Å². The second-order valence-corrected chi connectivity index (χ2v) is 9.33. The summed E-state index contributed by atoms with van der Waals surface area (Å²) in [5.41, 5.74) is 0.671. The molecule has 0 aliphatic rings. The number of sulfonamides is 1. The largest absolute Gasteiger partial charge is 0.493 e. The van der Waals surface area contributed by atoms with Crippen molar-refractivity contribution in [3.63, 3.8) is 0 Å². The van der Waals surface area contributed by atoms with E-state index in [1.54, 1.807) is 54.6 Å². The number of rotatable bonds is 11. The van der Waals surface area contributed by atoms with E-state index in [0.29, 0.717) is 11.3 Å². The van der Waals surface area contributed by atoms with Gasteiger partial charge in [-0.2, -0.15) is 4.98 Å². The minimum Gasteiger partial charge on any atom is -0.493 e. The lowest BCUT2D eigenvalue weighted by molar-refractivity contribution is 0.305. The molecule has 0 aliphatic heterocycles. The van der Waals surface area contributed by atoms with Gasteiger partial charge in [0.2, 0.25) is 11.6 Å². The van der Waals surface area contributed by atoms with Gasteiger partial charge >= 0.3 is 0 Å². The molecule has 2 heterocycles. The molecule has 0 amide bonds. The highest BCUT2D eigenvalue weighted by Gasteiger charge is 2.30. The van der Waals surface area contributed by atoms with Crippen LogP contribution in [0.4, 0.5) is 5.82 Å². The molecule has 0 atom stereocenters. The number of benzene rings is 2. The first-order valence-electron chi connectivity index (χ1n) is 11.4. The minimum atomic E-state index is -4.20. The van der Waals surface area contributed by atoms with Crippen molar-refractivity contribution in [2.24, 2.45) is 0 Å². The molecule has 4 rings (SSSR count). The van der Waals surface area contributed by atoms with Crippen molar-refractivity contribution < 1.29 is 27.7 Å². The number of aliphatic hydroxyl groups excluding tert-OH is 1. The summed E-state index contributed by atoms with van der Waals surface area (Å²) in [4.78, 5) is 17.2. The molecule has 0 saturated heterocycles. The zero-order chi connectivity index (χ0) is 27.0. The Morgan fingerprint density at radius 1 is 0.868 bits per heavy atom. The number of aliphatic hydroxyl groups is 1. The summed E-state index contributed by atoms with van der Waals surface area (Å²) < 4.78 is 45.0. The molecule has 2 aromatic carbocycles. The van der Waals surface area contributed by atoms with Gasteiger partial charge in [-0.25, -0.2) is 27.7 Å². The molecule has 1 N–H and O–H groups in total. The molecule has 0 aliphatic carbocycles. The molecular formula is C26H25N5O6S. The van der Waals surface area contributed by atoms with Crippen LogP contribution in [0.25, 0.3) is 17.7 Å². The summed E-state index contributed by atoms with van der Waals surface area (Å²) in [6, 6.07) is 17.3. The lowest BCUT2D eigenvalue weighted by Crippen LogP contribution is -2.33. The summed E-state index contributed by atoms with van der Waals surface area (Å²) >= 11 is 0. The molecule has 12 heteroatoms. The predicted molar refractivity (Wildman–Crippen MR) is 142 cm³/mol. The lowest BCUT2D eigenvalue weighted by atomic mass is 10.2. The molecule has 0 unspecified atom stereocenters. The van der Waals surface area contributed by atoms with E-state index >= 15 is 0 Å². The second kappa shape index (κ2) is 12.1. The smallest absolute Gasteiger partial charge is 0.263 e. The number of hydrogen-bond donors (Lipinski definition) is 1. The highest BCUT2D eigenvalue weighted by molar-refractivity contribution is 7.95. The number of aromatic nitrogens is 4. The van der Waals surface area contributed by atoms with Gasteiger partial charge in [-0.3, -0.25) is 0 Å². The predicted octanol–water partition coefficient (Wildman–Crippen LogP) is 3.54. The quantitative estimate of drug-likeness (QED) is 0.304. The SMILES string of the molecule is COc1ccccc1Oc1c(OC)nc(-c2ncccn2)nc1N(CCO)S(=O)(=O)/C=C/c1ccccc1. The molecule has 0 saturated carbocycles. The Hall–Kier alpha value is -4.55. The maximum absolute atomic E-state index is 13.6. The van der Waals surface area contributed by atoms with Gasteiger partial charge in [-0.05, 0) is 29.8 Å². The topological polar surface area (TPSA) is 137 Å². The van der Waals surface area contributed by atoms with Crippen LogP contribution in [0.3, 0.4) is 0 Å². The number of nitrogens with zero attached hydrogens (tertiary/aromatic N) is 5. The van der Waals surface area contributed by atoms with Gasteiger partial charge in [0.15, 0.2) is 23.1 Å². The molecule has 0 fully saturated rings. The van der Waals surface area contributed by atoms with E-state index in [0.717, 1.165) is 9.71 Å². The molecule has 0 radical (unpaired) electrons. The van der Waals surface area contributed by atoms with Crippen LogP contribution in [0.5, 0.6) is 23.1 Å². The number of anilines is 1. The lowest BCUT2D eigenvalue weighted by Gasteiger charge is -2.24. The van der Waals surface area contributed by atoms with Crippen LogP contribution in [0, 0.1) is 0 Å². The van der Waals surface area contributed by atoms with Crippen LogP contribution >= 0.6 is 0 Å². The summed E-state index contributed by atoms with van der Waals surface area (Å²) in [6.45, 7) is -0.838. The Balaban J connectivity index is 1.91. The maximum Gasteiger partial charge on any atom is 0.263 e. The third-order valence-electron chi connectivity index (χ3n) is 5.14. The van der Waals surface area contributed by atoms with Crippen molar-refractivity contribution >= 4 is 21.9 Å². The van der Waals surface area contributed by atoms with E-state index in [9.17, 15) is 13.5 Å². The van der Waals surface area contributed by atoms with Crippen LogP contribution in [0.1, 0.15) is 5.56 Å². The van der Waals surface area contributed by atoms with E-state index in [-0.39, 0.29) is 41.4 Å². The normalized spacial score (nSPS) is 11.3. The molecule has 38 heavy (non-hydrogen) atoms. The van der Waals surface area contributed by atoms with Crippen molar-refractivity contribution in [3.8, 4) is 34.8 Å². The Morgan fingerprint density at radius 3 is 2.21 bits per heavy atom. The molecule has 0 bridgehead atoms. The maximum atomic E-state index is 13.6. The van der Waals surface area contributed by atoms with Crippen LogP contribution in [-0.4, -0.2) is 60.8 Å². The summed E-state index contributed by atoms with van der Waals surface area (Å²) in [5.74, 6) is 0.416.